The molecule has 1 heterocycles. The molecular formula is C12H18N2O3. The fourth-order valence-electron chi connectivity index (χ4n) is 1.64. The SMILES string of the molecule is CCOC(=O)C(C(=O)c1cnn(C)c1)C(C)C. The minimum absolute atomic E-state index is 0.0956. The molecule has 0 fully saturated rings. The summed E-state index contributed by atoms with van der Waals surface area (Å²) in [4.78, 5) is 23.9. The molecular weight excluding hydrogens is 220 g/mol. The molecule has 1 atom stereocenters. The third-order valence-electron chi connectivity index (χ3n) is 2.48. The van der Waals surface area contributed by atoms with E-state index < -0.39 is 11.9 Å². The van der Waals surface area contributed by atoms with Crippen molar-refractivity contribution in [2.24, 2.45) is 18.9 Å². The Labute approximate surface area is 101 Å². The molecule has 1 aromatic rings. The lowest BCUT2D eigenvalue weighted by Gasteiger charge is -2.16. The predicted molar refractivity (Wildman–Crippen MR) is 62.5 cm³/mol. The van der Waals surface area contributed by atoms with E-state index in [-0.39, 0.29) is 18.3 Å². The van der Waals surface area contributed by atoms with Gasteiger partial charge in [0, 0.05) is 13.2 Å². The summed E-state index contributed by atoms with van der Waals surface area (Å²) in [6.45, 7) is 5.66. The van der Waals surface area contributed by atoms with Gasteiger partial charge in [-0.3, -0.25) is 14.3 Å². The summed E-state index contributed by atoms with van der Waals surface area (Å²) < 4.78 is 6.47. The first kappa shape index (κ1) is 13.4. The molecule has 5 nitrogen and oxygen atoms in total. The van der Waals surface area contributed by atoms with Crippen molar-refractivity contribution in [2.45, 2.75) is 20.8 Å². The Morgan fingerprint density at radius 2 is 2.12 bits per heavy atom. The van der Waals surface area contributed by atoms with Crippen LogP contribution >= 0.6 is 0 Å². The van der Waals surface area contributed by atoms with Crippen molar-refractivity contribution in [1.82, 2.24) is 9.78 Å². The van der Waals surface area contributed by atoms with Crippen LogP contribution in [0.2, 0.25) is 0 Å². The highest BCUT2D eigenvalue weighted by molar-refractivity contribution is 6.08. The molecule has 0 bridgehead atoms. The number of hydrogen-bond donors (Lipinski definition) is 0. The van der Waals surface area contributed by atoms with E-state index in [0.29, 0.717) is 5.56 Å². The minimum atomic E-state index is -0.751. The second kappa shape index (κ2) is 5.61. The van der Waals surface area contributed by atoms with Gasteiger partial charge in [-0.05, 0) is 12.8 Å². The summed E-state index contributed by atoms with van der Waals surface area (Å²) in [5.41, 5.74) is 0.444. The zero-order valence-corrected chi connectivity index (χ0v) is 10.6. The smallest absolute Gasteiger partial charge is 0.317 e. The molecule has 1 rings (SSSR count). The second-order valence-corrected chi connectivity index (χ2v) is 4.24. The Kier molecular flexibility index (Phi) is 4.43. The minimum Gasteiger partial charge on any atom is -0.465 e. The van der Waals surface area contributed by atoms with E-state index >= 15 is 0 Å². The van der Waals surface area contributed by atoms with E-state index in [1.54, 1.807) is 20.2 Å². The number of carbonyl (C=O) groups is 2. The second-order valence-electron chi connectivity index (χ2n) is 4.24. The van der Waals surface area contributed by atoms with Gasteiger partial charge >= 0.3 is 5.97 Å². The molecule has 0 radical (unpaired) electrons. The number of ketones is 1. The predicted octanol–water partition coefficient (Wildman–Crippen LogP) is 1.44. The van der Waals surface area contributed by atoms with Gasteiger partial charge in [0.2, 0.25) is 0 Å². The lowest BCUT2D eigenvalue weighted by molar-refractivity contribution is -0.147. The third kappa shape index (κ3) is 3.15. The molecule has 0 aromatic carbocycles. The fraction of sp³-hybridized carbons (Fsp3) is 0.583. The summed E-state index contributed by atoms with van der Waals surface area (Å²) in [7, 11) is 1.73. The van der Waals surface area contributed by atoms with Gasteiger partial charge in [0.1, 0.15) is 5.92 Å². The molecule has 17 heavy (non-hydrogen) atoms. The van der Waals surface area contributed by atoms with Crippen LogP contribution in [-0.2, 0) is 16.6 Å². The van der Waals surface area contributed by atoms with Crippen LogP contribution in [0.3, 0.4) is 0 Å². The third-order valence-corrected chi connectivity index (χ3v) is 2.48. The molecule has 0 saturated heterocycles. The largest absolute Gasteiger partial charge is 0.465 e. The lowest BCUT2D eigenvalue weighted by Crippen LogP contribution is -2.30. The summed E-state index contributed by atoms with van der Waals surface area (Å²) in [5.74, 6) is -1.54. The number of Topliss-reactive ketones (excluding diaryl/α,β-unsaturated/α-hetero) is 1. The number of aryl methyl sites for hydroxylation is 1. The van der Waals surface area contributed by atoms with Crippen molar-refractivity contribution in [3.63, 3.8) is 0 Å². The van der Waals surface area contributed by atoms with Gasteiger partial charge in [-0.1, -0.05) is 13.8 Å². The molecule has 5 heteroatoms. The molecule has 0 aliphatic heterocycles. The van der Waals surface area contributed by atoms with Crippen LogP contribution in [-0.4, -0.2) is 28.1 Å². The Bertz CT molecular complexity index is 410. The maximum atomic E-state index is 12.2. The van der Waals surface area contributed by atoms with Crippen LogP contribution in [0.1, 0.15) is 31.1 Å². The van der Waals surface area contributed by atoms with Crippen molar-refractivity contribution in [3.05, 3.63) is 18.0 Å². The van der Waals surface area contributed by atoms with Gasteiger partial charge in [-0.15, -0.1) is 0 Å². The molecule has 0 amide bonds. The molecule has 1 unspecified atom stereocenters. The quantitative estimate of drug-likeness (QED) is 0.442. The highest BCUT2D eigenvalue weighted by Crippen LogP contribution is 2.18. The van der Waals surface area contributed by atoms with E-state index in [4.69, 9.17) is 4.74 Å². The van der Waals surface area contributed by atoms with Gasteiger partial charge in [-0.2, -0.15) is 5.10 Å². The summed E-state index contributed by atoms with van der Waals surface area (Å²) in [6.07, 6.45) is 3.08. The van der Waals surface area contributed by atoms with Crippen LogP contribution in [0, 0.1) is 11.8 Å². The average Bonchev–Trinajstić information content (AvgIpc) is 2.64. The number of ether oxygens (including phenoxy) is 1. The van der Waals surface area contributed by atoms with Crippen molar-refractivity contribution in [1.29, 1.82) is 0 Å². The van der Waals surface area contributed by atoms with Crippen LogP contribution in [0.25, 0.3) is 0 Å². The van der Waals surface area contributed by atoms with E-state index in [0.717, 1.165) is 0 Å². The highest BCUT2D eigenvalue weighted by Gasteiger charge is 2.32. The normalized spacial score (nSPS) is 12.5. The van der Waals surface area contributed by atoms with E-state index in [1.165, 1.54) is 10.9 Å². The monoisotopic (exact) mass is 238 g/mol. The van der Waals surface area contributed by atoms with Gasteiger partial charge in [0.25, 0.3) is 0 Å². The zero-order valence-electron chi connectivity index (χ0n) is 10.6. The number of nitrogens with zero attached hydrogens (tertiary/aromatic N) is 2. The standard InChI is InChI=1S/C12H18N2O3/c1-5-17-12(16)10(8(2)3)11(15)9-6-13-14(4)7-9/h6-8,10H,5H2,1-4H3. The first-order valence-electron chi connectivity index (χ1n) is 5.66. The highest BCUT2D eigenvalue weighted by atomic mass is 16.5. The maximum Gasteiger partial charge on any atom is 0.317 e. The van der Waals surface area contributed by atoms with Gasteiger partial charge in [-0.25, -0.2) is 0 Å². The molecule has 1 aromatic heterocycles. The van der Waals surface area contributed by atoms with Gasteiger partial charge < -0.3 is 4.74 Å². The number of rotatable bonds is 5. The van der Waals surface area contributed by atoms with E-state index in [2.05, 4.69) is 5.10 Å². The molecule has 94 valence electrons. The zero-order chi connectivity index (χ0) is 13.0. The van der Waals surface area contributed by atoms with E-state index in [9.17, 15) is 9.59 Å². The Morgan fingerprint density at radius 3 is 2.53 bits per heavy atom. The lowest BCUT2D eigenvalue weighted by atomic mass is 9.89. The van der Waals surface area contributed by atoms with Crippen molar-refractivity contribution in [3.8, 4) is 0 Å². The topological polar surface area (TPSA) is 61.2 Å². The molecule has 0 aliphatic rings. The summed E-state index contributed by atoms with van der Waals surface area (Å²) in [6, 6.07) is 0. The maximum absolute atomic E-state index is 12.2. The molecule has 0 saturated carbocycles. The number of esters is 1. The van der Waals surface area contributed by atoms with Crippen LogP contribution in [0.15, 0.2) is 12.4 Å². The number of hydrogen-bond acceptors (Lipinski definition) is 4. The van der Waals surface area contributed by atoms with E-state index in [1.807, 2.05) is 13.8 Å². The molecule has 0 spiro atoms. The first-order chi connectivity index (χ1) is 7.97. The van der Waals surface area contributed by atoms with Gasteiger partial charge in [0.05, 0.1) is 18.4 Å². The first-order valence-corrected chi connectivity index (χ1v) is 5.66. The van der Waals surface area contributed by atoms with Crippen LogP contribution < -0.4 is 0 Å². The fourth-order valence-corrected chi connectivity index (χ4v) is 1.64. The molecule has 0 N–H and O–H groups in total. The Balaban J connectivity index is 2.92. The van der Waals surface area contributed by atoms with Crippen LogP contribution in [0.4, 0.5) is 0 Å². The average molecular weight is 238 g/mol. The van der Waals surface area contributed by atoms with Crippen LogP contribution in [0.5, 0.6) is 0 Å². The number of aromatic nitrogens is 2. The Hall–Kier alpha value is -1.65. The summed E-state index contributed by atoms with van der Waals surface area (Å²) >= 11 is 0. The van der Waals surface area contributed by atoms with Crippen molar-refractivity contribution in [2.75, 3.05) is 6.61 Å². The Morgan fingerprint density at radius 1 is 1.47 bits per heavy atom. The van der Waals surface area contributed by atoms with Gasteiger partial charge in [0.15, 0.2) is 5.78 Å². The van der Waals surface area contributed by atoms with Crippen molar-refractivity contribution < 1.29 is 14.3 Å². The number of carbonyl (C=O) groups excluding carboxylic acids is 2. The molecule has 0 aliphatic carbocycles. The van der Waals surface area contributed by atoms with Crippen molar-refractivity contribution >= 4 is 11.8 Å². The summed E-state index contributed by atoms with van der Waals surface area (Å²) in [5, 5.41) is 3.93.